The van der Waals surface area contributed by atoms with Gasteiger partial charge in [-0.05, 0) is 31.5 Å². The van der Waals surface area contributed by atoms with Gasteiger partial charge in [-0.25, -0.2) is 0 Å². The quantitative estimate of drug-likeness (QED) is 0.920. The van der Waals surface area contributed by atoms with E-state index in [9.17, 15) is 4.21 Å². The minimum absolute atomic E-state index is 0.0874. The topological polar surface area (TPSA) is 47.6 Å². The number of nitrogens with one attached hydrogen (secondary N) is 1. The van der Waals surface area contributed by atoms with Gasteiger partial charge >= 0.3 is 0 Å². The number of benzene rings is 1. The Morgan fingerprint density at radius 3 is 2.53 bits per heavy atom. The van der Waals surface area contributed by atoms with Gasteiger partial charge in [-0.3, -0.25) is 4.21 Å². The zero-order valence-corrected chi connectivity index (χ0v) is 12.7. The second-order valence-corrected chi connectivity index (χ2v) is 6.95. The first-order chi connectivity index (χ1) is 8.95. The first-order valence-electron chi connectivity index (χ1n) is 6.30. The van der Waals surface area contributed by atoms with E-state index in [0.717, 1.165) is 5.56 Å². The molecule has 1 aromatic carbocycles. The fraction of sp³-hybridized carbons (Fsp3) is 0.571. The molecule has 0 aliphatic carbocycles. The third kappa shape index (κ3) is 3.28. The fourth-order valence-corrected chi connectivity index (χ4v) is 4.11. The minimum Gasteiger partial charge on any atom is -0.493 e. The largest absolute Gasteiger partial charge is 0.493 e. The second kappa shape index (κ2) is 5.51. The molecule has 2 atom stereocenters. The van der Waals surface area contributed by atoms with Gasteiger partial charge in [0.05, 0.1) is 14.2 Å². The fourth-order valence-electron chi connectivity index (χ4n) is 2.45. The van der Waals surface area contributed by atoms with E-state index in [0.29, 0.717) is 23.0 Å². The normalized spacial score (nSPS) is 25.9. The lowest BCUT2D eigenvalue weighted by atomic mass is 10.0. The Hall–Kier alpha value is -1.07. The zero-order chi connectivity index (χ0) is 14.0. The van der Waals surface area contributed by atoms with Crippen LogP contribution in [0.4, 0.5) is 0 Å². The molecule has 1 aliphatic heterocycles. The van der Waals surface area contributed by atoms with Gasteiger partial charge in [0.25, 0.3) is 0 Å². The molecule has 0 amide bonds. The Balaban J connectivity index is 2.28. The van der Waals surface area contributed by atoms with Crippen LogP contribution in [0.2, 0.25) is 0 Å². The molecule has 5 heteroatoms. The molecule has 0 saturated carbocycles. The van der Waals surface area contributed by atoms with Gasteiger partial charge in [0, 0.05) is 33.9 Å². The molecular formula is C14H21NO3S. The van der Waals surface area contributed by atoms with Crippen molar-refractivity contribution >= 4 is 10.8 Å². The third-order valence-corrected chi connectivity index (χ3v) is 5.00. The van der Waals surface area contributed by atoms with Crippen molar-refractivity contribution in [1.82, 2.24) is 5.32 Å². The van der Waals surface area contributed by atoms with E-state index in [1.807, 2.05) is 18.2 Å². The summed E-state index contributed by atoms with van der Waals surface area (Å²) in [5.41, 5.74) is 0.972. The molecule has 4 nitrogen and oxygen atoms in total. The summed E-state index contributed by atoms with van der Waals surface area (Å²) < 4.78 is 22.5. The van der Waals surface area contributed by atoms with Crippen LogP contribution in [0.3, 0.4) is 0 Å². The molecule has 1 fully saturated rings. The van der Waals surface area contributed by atoms with E-state index in [-0.39, 0.29) is 11.6 Å². The summed E-state index contributed by atoms with van der Waals surface area (Å²) in [6, 6.07) is 5.93. The van der Waals surface area contributed by atoms with Crippen LogP contribution in [0.25, 0.3) is 0 Å². The lowest BCUT2D eigenvalue weighted by Gasteiger charge is -2.36. The SMILES string of the molecule is COc1ccc(C2CS(=O)CC(C)(C)N2)cc1OC. The maximum absolute atomic E-state index is 12.0. The molecular weight excluding hydrogens is 262 g/mol. The van der Waals surface area contributed by atoms with Gasteiger partial charge in [-0.15, -0.1) is 0 Å². The average molecular weight is 283 g/mol. The standard InChI is InChI=1S/C14H21NO3S/c1-14(2)9-19(16)8-11(15-14)10-5-6-12(17-3)13(7-10)18-4/h5-7,11,15H,8-9H2,1-4H3. The molecule has 0 bridgehead atoms. The summed E-state index contributed by atoms with van der Waals surface area (Å²) in [6.45, 7) is 4.16. The lowest BCUT2D eigenvalue weighted by Crippen LogP contribution is -2.52. The van der Waals surface area contributed by atoms with Crippen LogP contribution in [0.1, 0.15) is 25.5 Å². The van der Waals surface area contributed by atoms with E-state index in [2.05, 4.69) is 19.2 Å². The Morgan fingerprint density at radius 2 is 1.95 bits per heavy atom. The van der Waals surface area contributed by atoms with E-state index >= 15 is 0 Å². The number of ether oxygens (including phenoxy) is 2. The highest BCUT2D eigenvalue weighted by atomic mass is 32.2. The van der Waals surface area contributed by atoms with E-state index in [1.54, 1.807) is 14.2 Å². The minimum atomic E-state index is -0.790. The van der Waals surface area contributed by atoms with Gasteiger partial charge < -0.3 is 14.8 Å². The van der Waals surface area contributed by atoms with E-state index in [4.69, 9.17) is 9.47 Å². The molecule has 0 radical (unpaired) electrons. The van der Waals surface area contributed by atoms with Crippen molar-refractivity contribution in [3.05, 3.63) is 23.8 Å². The molecule has 1 heterocycles. The van der Waals surface area contributed by atoms with Crippen LogP contribution in [0.5, 0.6) is 11.5 Å². The van der Waals surface area contributed by atoms with Crippen molar-refractivity contribution in [3.8, 4) is 11.5 Å². The number of methoxy groups -OCH3 is 2. The number of hydrogen-bond donors (Lipinski definition) is 1. The van der Waals surface area contributed by atoms with Gasteiger partial charge in [0.2, 0.25) is 0 Å². The Morgan fingerprint density at radius 1 is 1.26 bits per heavy atom. The zero-order valence-electron chi connectivity index (χ0n) is 11.9. The van der Waals surface area contributed by atoms with Crippen LogP contribution in [0.15, 0.2) is 18.2 Å². The maximum Gasteiger partial charge on any atom is 0.161 e. The molecule has 1 N–H and O–H groups in total. The summed E-state index contributed by atoms with van der Waals surface area (Å²) in [5.74, 6) is 2.74. The Kier molecular flexibility index (Phi) is 4.16. The van der Waals surface area contributed by atoms with Gasteiger partial charge in [0.15, 0.2) is 11.5 Å². The van der Waals surface area contributed by atoms with Crippen LogP contribution >= 0.6 is 0 Å². The average Bonchev–Trinajstić information content (AvgIpc) is 2.35. The van der Waals surface area contributed by atoms with Crippen molar-refractivity contribution in [3.63, 3.8) is 0 Å². The molecule has 2 unspecified atom stereocenters. The second-order valence-electron chi connectivity index (χ2n) is 5.45. The lowest BCUT2D eigenvalue weighted by molar-refractivity contribution is 0.349. The molecule has 106 valence electrons. The van der Waals surface area contributed by atoms with E-state index < -0.39 is 10.8 Å². The predicted octanol–water partition coefficient (Wildman–Crippen LogP) is 1.88. The van der Waals surface area contributed by atoms with Crippen molar-refractivity contribution in [2.24, 2.45) is 0 Å². The molecule has 0 aromatic heterocycles. The molecule has 2 rings (SSSR count). The smallest absolute Gasteiger partial charge is 0.161 e. The number of rotatable bonds is 3. The van der Waals surface area contributed by atoms with Crippen molar-refractivity contribution in [1.29, 1.82) is 0 Å². The monoisotopic (exact) mass is 283 g/mol. The first kappa shape index (κ1) is 14.3. The van der Waals surface area contributed by atoms with Gasteiger partial charge in [-0.1, -0.05) is 6.07 Å². The highest BCUT2D eigenvalue weighted by Gasteiger charge is 2.32. The highest BCUT2D eigenvalue weighted by Crippen LogP contribution is 2.32. The summed E-state index contributed by atoms with van der Waals surface area (Å²) in [5, 5.41) is 3.54. The van der Waals surface area contributed by atoms with Crippen molar-refractivity contribution < 1.29 is 13.7 Å². The molecule has 1 saturated heterocycles. The van der Waals surface area contributed by atoms with Crippen molar-refractivity contribution in [2.45, 2.75) is 25.4 Å². The molecule has 19 heavy (non-hydrogen) atoms. The van der Waals surface area contributed by atoms with Crippen LogP contribution in [0, 0.1) is 0 Å². The van der Waals surface area contributed by atoms with Crippen molar-refractivity contribution in [2.75, 3.05) is 25.7 Å². The Bertz CT molecular complexity index is 488. The number of hydrogen-bond acceptors (Lipinski definition) is 4. The van der Waals surface area contributed by atoms with Gasteiger partial charge in [0.1, 0.15) is 0 Å². The highest BCUT2D eigenvalue weighted by molar-refractivity contribution is 7.85. The van der Waals surface area contributed by atoms with Crippen LogP contribution in [-0.2, 0) is 10.8 Å². The third-order valence-electron chi connectivity index (χ3n) is 3.25. The molecule has 0 spiro atoms. The summed E-state index contributed by atoms with van der Waals surface area (Å²) in [6.07, 6.45) is 0. The van der Waals surface area contributed by atoms with Gasteiger partial charge in [-0.2, -0.15) is 0 Å². The van der Waals surface area contributed by atoms with Crippen LogP contribution < -0.4 is 14.8 Å². The predicted molar refractivity (Wildman–Crippen MR) is 77.4 cm³/mol. The first-order valence-corrected chi connectivity index (χ1v) is 7.78. The Labute approximate surface area is 116 Å². The van der Waals surface area contributed by atoms with E-state index in [1.165, 1.54) is 0 Å². The molecule has 1 aromatic rings. The summed E-state index contributed by atoms with van der Waals surface area (Å²) in [4.78, 5) is 0. The van der Waals surface area contributed by atoms with Crippen LogP contribution in [-0.4, -0.2) is 35.5 Å². The summed E-state index contributed by atoms with van der Waals surface area (Å²) in [7, 11) is 2.45. The molecule has 1 aliphatic rings. The summed E-state index contributed by atoms with van der Waals surface area (Å²) >= 11 is 0. The maximum atomic E-state index is 12.0.